The Labute approximate surface area is 182 Å². The second-order valence-electron chi connectivity index (χ2n) is 6.74. The zero-order valence-electron chi connectivity index (χ0n) is 16.8. The lowest BCUT2D eigenvalue weighted by Gasteiger charge is -2.15. The molecule has 0 fully saturated rings. The van der Waals surface area contributed by atoms with Gasteiger partial charge in [0.2, 0.25) is 5.91 Å². The van der Waals surface area contributed by atoms with Crippen LogP contribution >= 0.6 is 11.6 Å². The molecule has 2 aromatic carbocycles. The number of aryl methyl sites for hydroxylation is 1. The molecule has 0 aliphatic carbocycles. The van der Waals surface area contributed by atoms with E-state index in [-0.39, 0.29) is 23.0 Å². The molecule has 1 heterocycles. The van der Waals surface area contributed by atoms with Gasteiger partial charge in [0, 0.05) is 5.02 Å². The number of benzene rings is 2. The first-order valence-electron chi connectivity index (χ1n) is 9.28. The predicted molar refractivity (Wildman–Crippen MR) is 113 cm³/mol. The SMILES string of the molecule is Cc1nn(-c2ccccc2)c(C)c1NC(=O)CNc1cc(Cl)ccc1OCC(F)(F)F. The van der Waals surface area contributed by atoms with Crippen molar-refractivity contribution in [3.63, 3.8) is 0 Å². The highest BCUT2D eigenvalue weighted by Crippen LogP contribution is 2.30. The molecule has 3 aromatic rings. The smallest absolute Gasteiger partial charge is 0.422 e. The van der Waals surface area contributed by atoms with Crippen molar-refractivity contribution in [2.24, 2.45) is 0 Å². The highest BCUT2D eigenvalue weighted by Gasteiger charge is 2.29. The maximum Gasteiger partial charge on any atom is 0.422 e. The van der Waals surface area contributed by atoms with Gasteiger partial charge in [-0.1, -0.05) is 29.8 Å². The summed E-state index contributed by atoms with van der Waals surface area (Å²) in [4.78, 5) is 12.5. The van der Waals surface area contributed by atoms with Gasteiger partial charge in [-0.15, -0.1) is 0 Å². The molecule has 10 heteroatoms. The second-order valence-corrected chi connectivity index (χ2v) is 7.18. The first kappa shape index (κ1) is 22.5. The van der Waals surface area contributed by atoms with Crippen LogP contribution in [0.2, 0.25) is 5.02 Å². The minimum absolute atomic E-state index is 0.0567. The van der Waals surface area contributed by atoms with E-state index in [1.807, 2.05) is 37.3 Å². The van der Waals surface area contributed by atoms with Gasteiger partial charge in [0.25, 0.3) is 0 Å². The molecule has 3 rings (SSSR count). The van der Waals surface area contributed by atoms with Crippen molar-refractivity contribution >= 4 is 28.9 Å². The number of rotatable bonds is 7. The monoisotopic (exact) mass is 452 g/mol. The normalized spacial score (nSPS) is 11.3. The Kier molecular flexibility index (Phi) is 6.74. The number of alkyl halides is 3. The molecule has 0 radical (unpaired) electrons. The van der Waals surface area contributed by atoms with Crippen LogP contribution in [0.15, 0.2) is 48.5 Å². The minimum Gasteiger partial charge on any atom is -0.482 e. The highest BCUT2D eigenvalue weighted by atomic mass is 35.5. The number of nitrogens with zero attached hydrogens (tertiary/aromatic N) is 2. The number of carbonyl (C=O) groups excluding carboxylic acids is 1. The summed E-state index contributed by atoms with van der Waals surface area (Å²) in [7, 11) is 0. The maximum absolute atomic E-state index is 12.5. The van der Waals surface area contributed by atoms with E-state index < -0.39 is 18.7 Å². The zero-order valence-corrected chi connectivity index (χ0v) is 17.5. The van der Waals surface area contributed by atoms with E-state index in [0.29, 0.717) is 11.4 Å². The fraction of sp³-hybridized carbons (Fsp3) is 0.238. The van der Waals surface area contributed by atoms with Crippen LogP contribution in [0.4, 0.5) is 24.5 Å². The van der Waals surface area contributed by atoms with Crippen LogP contribution in [-0.2, 0) is 4.79 Å². The number of anilines is 2. The van der Waals surface area contributed by atoms with Crippen LogP contribution in [0.25, 0.3) is 5.69 Å². The number of para-hydroxylation sites is 1. The summed E-state index contributed by atoms with van der Waals surface area (Å²) in [5.41, 5.74) is 2.98. The van der Waals surface area contributed by atoms with E-state index >= 15 is 0 Å². The Balaban J connectivity index is 1.69. The summed E-state index contributed by atoms with van der Waals surface area (Å²) in [6, 6.07) is 13.6. The van der Waals surface area contributed by atoms with Gasteiger partial charge < -0.3 is 15.4 Å². The van der Waals surface area contributed by atoms with Gasteiger partial charge in [0.15, 0.2) is 6.61 Å². The molecule has 1 aromatic heterocycles. The van der Waals surface area contributed by atoms with E-state index in [1.54, 1.807) is 11.6 Å². The molecule has 0 aliphatic heterocycles. The lowest BCUT2D eigenvalue weighted by Crippen LogP contribution is -2.23. The number of amides is 1. The molecular weight excluding hydrogens is 433 g/mol. The van der Waals surface area contributed by atoms with Gasteiger partial charge in [-0.25, -0.2) is 4.68 Å². The first-order chi connectivity index (χ1) is 14.6. The largest absolute Gasteiger partial charge is 0.482 e. The average molecular weight is 453 g/mol. The molecule has 0 bridgehead atoms. The topological polar surface area (TPSA) is 68.2 Å². The van der Waals surface area contributed by atoms with Gasteiger partial charge in [-0.2, -0.15) is 18.3 Å². The van der Waals surface area contributed by atoms with Crippen LogP contribution < -0.4 is 15.4 Å². The number of aromatic nitrogens is 2. The molecule has 0 unspecified atom stereocenters. The van der Waals surface area contributed by atoms with Crippen molar-refractivity contribution < 1.29 is 22.7 Å². The second kappa shape index (κ2) is 9.30. The minimum atomic E-state index is -4.48. The summed E-state index contributed by atoms with van der Waals surface area (Å²) < 4.78 is 43.9. The van der Waals surface area contributed by atoms with E-state index in [1.165, 1.54) is 18.2 Å². The fourth-order valence-corrected chi connectivity index (χ4v) is 3.10. The van der Waals surface area contributed by atoms with Crippen molar-refractivity contribution in [1.82, 2.24) is 9.78 Å². The summed E-state index contributed by atoms with van der Waals surface area (Å²) >= 11 is 5.93. The van der Waals surface area contributed by atoms with Gasteiger partial charge in [0.05, 0.1) is 35.0 Å². The number of hydrogen-bond acceptors (Lipinski definition) is 4. The zero-order chi connectivity index (χ0) is 22.6. The summed E-state index contributed by atoms with van der Waals surface area (Å²) in [6.07, 6.45) is -4.48. The third-order valence-electron chi connectivity index (χ3n) is 4.33. The van der Waals surface area contributed by atoms with Crippen molar-refractivity contribution in [3.05, 3.63) is 64.9 Å². The Morgan fingerprint density at radius 3 is 2.55 bits per heavy atom. The van der Waals surface area contributed by atoms with Gasteiger partial charge in [-0.3, -0.25) is 4.79 Å². The van der Waals surface area contributed by atoms with Crippen molar-refractivity contribution in [2.75, 3.05) is 23.8 Å². The molecule has 0 saturated carbocycles. The number of halogens is 4. The average Bonchev–Trinajstić information content (AvgIpc) is 3.00. The quantitative estimate of drug-likeness (QED) is 0.521. The molecule has 0 aliphatic rings. The van der Waals surface area contributed by atoms with E-state index in [0.717, 1.165) is 11.4 Å². The molecular formula is C21H20ClF3N4O2. The van der Waals surface area contributed by atoms with Gasteiger partial charge in [0.1, 0.15) is 5.75 Å². The third-order valence-corrected chi connectivity index (χ3v) is 4.56. The van der Waals surface area contributed by atoms with E-state index in [4.69, 9.17) is 16.3 Å². The standard InChI is InChI=1S/C21H20ClF3N4O2/c1-13-20(14(2)29(28-13)16-6-4-3-5-7-16)27-19(30)11-26-17-10-15(22)8-9-18(17)31-12-21(23,24)25/h3-10,26H,11-12H2,1-2H3,(H,27,30). The Hall–Kier alpha value is -3.20. The lowest BCUT2D eigenvalue weighted by molar-refractivity contribution is -0.153. The van der Waals surface area contributed by atoms with Crippen LogP contribution in [0.5, 0.6) is 5.75 Å². The highest BCUT2D eigenvalue weighted by molar-refractivity contribution is 6.31. The molecule has 6 nitrogen and oxygen atoms in total. The molecule has 164 valence electrons. The molecule has 0 saturated heterocycles. The van der Waals surface area contributed by atoms with Crippen LogP contribution in [0, 0.1) is 13.8 Å². The van der Waals surface area contributed by atoms with E-state index in [2.05, 4.69) is 15.7 Å². The molecule has 1 amide bonds. The van der Waals surface area contributed by atoms with Crippen molar-refractivity contribution in [2.45, 2.75) is 20.0 Å². The molecule has 0 spiro atoms. The molecule has 31 heavy (non-hydrogen) atoms. The first-order valence-corrected chi connectivity index (χ1v) is 9.66. The van der Waals surface area contributed by atoms with Gasteiger partial charge >= 0.3 is 6.18 Å². The molecule has 0 atom stereocenters. The van der Waals surface area contributed by atoms with E-state index in [9.17, 15) is 18.0 Å². The fourth-order valence-electron chi connectivity index (χ4n) is 2.93. The summed E-state index contributed by atoms with van der Waals surface area (Å²) in [6.45, 7) is 1.94. The summed E-state index contributed by atoms with van der Waals surface area (Å²) in [5.74, 6) is -0.459. The Morgan fingerprint density at radius 1 is 1.16 bits per heavy atom. The van der Waals surface area contributed by atoms with Gasteiger partial charge in [-0.05, 0) is 44.2 Å². The number of nitrogens with one attached hydrogen (secondary N) is 2. The Morgan fingerprint density at radius 2 is 1.87 bits per heavy atom. The third kappa shape index (κ3) is 5.91. The summed E-state index contributed by atoms with van der Waals surface area (Å²) in [5, 5.41) is 10.3. The predicted octanol–water partition coefficient (Wildman–Crippen LogP) is 5.13. The maximum atomic E-state index is 12.5. The lowest BCUT2D eigenvalue weighted by atomic mass is 10.2. The Bertz CT molecular complexity index is 1070. The van der Waals surface area contributed by atoms with Crippen LogP contribution in [-0.4, -0.2) is 35.0 Å². The van der Waals surface area contributed by atoms with Crippen molar-refractivity contribution in [3.8, 4) is 11.4 Å². The van der Waals surface area contributed by atoms with Crippen LogP contribution in [0.3, 0.4) is 0 Å². The number of ether oxygens (including phenoxy) is 1. The number of carbonyl (C=O) groups is 1. The van der Waals surface area contributed by atoms with Crippen molar-refractivity contribution in [1.29, 1.82) is 0 Å². The number of hydrogen-bond donors (Lipinski definition) is 2. The van der Waals surface area contributed by atoms with Crippen LogP contribution in [0.1, 0.15) is 11.4 Å². The molecule has 2 N–H and O–H groups in total.